The molecule has 0 unspecified atom stereocenters. The predicted octanol–water partition coefficient (Wildman–Crippen LogP) is 2.07. The quantitative estimate of drug-likeness (QED) is 0.567. The molecule has 1 N–H and O–H groups in total. The van der Waals surface area contributed by atoms with Crippen LogP contribution < -0.4 is 5.32 Å². The predicted molar refractivity (Wildman–Crippen MR) is 79.7 cm³/mol. The molecule has 2 heterocycles. The van der Waals surface area contributed by atoms with Crippen LogP contribution in [0.4, 0.5) is 0 Å². The van der Waals surface area contributed by atoms with Crippen LogP contribution in [0.5, 0.6) is 0 Å². The van der Waals surface area contributed by atoms with Crippen molar-refractivity contribution in [3.63, 3.8) is 0 Å². The minimum Gasteiger partial charge on any atom is -0.315 e. The zero-order valence-electron chi connectivity index (χ0n) is 11.1. The molecule has 0 aliphatic rings. The Labute approximate surface area is 121 Å². The first-order chi connectivity index (χ1) is 9.40. The first-order valence-electron chi connectivity index (χ1n) is 6.52. The lowest BCUT2D eigenvalue weighted by Gasteiger charge is -2.05. The number of aryl methyl sites for hydroxylation is 1. The number of thioether (sulfide) groups is 1. The summed E-state index contributed by atoms with van der Waals surface area (Å²) < 4.78 is 1.88. The van der Waals surface area contributed by atoms with E-state index in [4.69, 9.17) is 0 Å². The number of aromatic nitrogens is 4. The topological polar surface area (TPSA) is 55.6 Å². The second-order valence-corrected chi connectivity index (χ2v) is 6.21. The van der Waals surface area contributed by atoms with Crippen molar-refractivity contribution in [2.45, 2.75) is 31.5 Å². The van der Waals surface area contributed by atoms with Crippen LogP contribution in [0.2, 0.25) is 0 Å². The Morgan fingerprint density at radius 3 is 3.16 bits per heavy atom. The summed E-state index contributed by atoms with van der Waals surface area (Å²) in [5.41, 5.74) is 0. The number of thiophene rings is 1. The van der Waals surface area contributed by atoms with Crippen molar-refractivity contribution in [3.8, 4) is 0 Å². The molecule has 0 radical (unpaired) electrons. The molecule has 19 heavy (non-hydrogen) atoms. The minimum atomic E-state index is 0.828. The van der Waals surface area contributed by atoms with Gasteiger partial charge in [-0.1, -0.05) is 24.8 Å². The minimum absolute atomic E-state index is 0.828. The van der Waals surface area contributed by atoms with Gasteiger partial charge in [0.1, 0.15) is 0 Å². The number of hydrogen-bond donors (Lipinski definition) is 1. The van der Waals surface area contributed by atoms with Crippen LogP contribution in [0, 0.1) is 0 Å². The number of nitrogens with one attached hydrogen (secondary N) is 1. The molecule has 0 fully saturated rings. The highest BCUT2D eigenvalue weighted by atomic mass is 32.2. The van der Waals surface area contributed by atoms with Crippen LogP contribution in [0.3, 0.4) is 0 Å². The molecule has 7 heteroatoms. The molecule has 0 saturated carbocycles. The zero-order valence-corrected chi connectivity index (χ0v) is 12.7. The Bertz CT molecular complexity index is 454. The molecule has 0 atom stereocenters. The highest BCUT2D eigenvalue weighted by molar-refractivity contribution is 7.99. The van der Waals surface area contributed by atoms with E-state index in [1.807, 2.05) is 4.68 Å². The highest BCUT2D eigenvalue weighted by Crippen LogP contribution is 2.17. The third kappa shape index (κ3) is 4.93. The third-order valence-corrected chi connectivity index (χ3v) is 4.48. The van der Waals surface area contributed by atoms with E-state index in [9.17, 15) is 0 Å². The first kappa shape index (κ1) is 14.5. The molecule has 0 spiro atoms. The van der Waals surface area contributed by atoms with Gasteiger partial charge in [0.25, 0.3) is 0 Å². The molecule has 0 aromatic carbocycles. The van der Waals surface area contributed by atoms with E-state index in [0.29, 0.717) is 0 Å². The fourth-order valence-corrected chi connectivity index (χ4v) is 3.34. The SMILES string of the molecule is CCCNCCn1nnnc1SCCc1cccs1. The van der Waals surface area contributed by atoms with Gasteiger partial charge >= 0.3 is 0 Å². The lowest BCUT2D eigenvalue weighted by atomic mass is 10.4. The van der Waals surface area contributed by atoms with Gasteiger partial charge in [0.05, 0.1) is 6.54 Å². The zero-order chi connectivity index (χ0) is 13.3. The third-order valence-electron chi connectivity index (χ3n) is 2.59. The lowest BCUT2D eigenvalue weighted by molar-refractivity contribution is 0.510. The lowest BCUT2D eigenvalue weighted by Crippen LogP contribution is -2.21. The monoisotopic (exact) mass is 297 g/mol. The molecular weight excluding hydrogens is 278 g/mol. The maximum absolute atomic E-state index is 4.07. The molecule has 104 valence electrons. The van der Waals surface area contributed by atoms with E-state index in [1.165, 1.54) is 4.88 Å². The Hall–Kier alpha value is -0.920. The molecule has 5 nitrogen and oxygen atoms in total. The van der Waals surface area contributed by atoms with Crippen molar-refractivity contribution in [1.82, 2.24) is 25.5 Å². The van der Waals surface area contributed by atoms with Gasteiger partial charge in [0.2, 0.25) is 5.16 Å². The summed E-state index contributed by atoms with van der Waals surface area (Å²) in [6.07, 6.45) is 2.22. The summed E-state index contributed by atoms with van der Waals surface area (Å²) in [4.78, 5) is 1.41. The van der Waals surface area contributed by atoms with Crippen LogP contribution in [-0.4, -0.2) is 39.0 Å². The summed E-state index contributed by atoms with van der Waals surface area (Å²) >= 11 is 3.52. The summed E-state index contributed by atoms with van der Waals surface area (Å²) in [5, 5.41) is 18.2. The van der Waals surface area contributed by atoms with Crippen LogP contribution >= 0.6 is 23.1 Å². The number of tetrazole rings is 1. The normalized spacial score (nSPS) is 11.0. The fourth-order valence-electron chi connectivity index (χ4n) is 1.62. The number of rotatable bonds is 9. The van der Waals surface area contributed by atoms with E-state index in [2.05, 4.69) is 45.3 Å². The number of nitrogens with zero attached hydrogens (tertiary/aromatic N) is 4. The molecule has 2 aromatic heterocycles. The smallest absolute Gasteiger partial charge is 0.209 e. The van der Waals surface area contributed by atoms with Crippen molar-refractivity contribution in [1.29, 1.82) is 0 Å². The summed E-state index contributed by atoms with van der Waals surface area (Å²) in [6.45, 7) is 4.95. The summed E-state index contributed by atoms with van der Waals surface area (Å²) in [5.74, 6) is 1.02. The van der Waals surface area contributed by atoms with Gasteiger partial charge in [0, 0.05) is 17.2 Å². The second-order valence-electron chi connectivity index (χ2n) is 4.11. The van der Waals surface area contributed by atoms with Gasteiger partial charge in [-0.15, -0.1) is 16.4 Å². The molecule has 0 bridgehead atoms. The van der Waals surface area contributed by atoms with Crippen LogP contribution in [-0.2, 0) is 13.0 Å². The van der Waals surface area contributed by atoms with Gasteiger partial charge in [-0.3, -0.25) is 0 Å². The van der Waals surface area contributed by atoms with E-state index in [1.54, 1.807) is 23.1 Å². The second kappa shape index (κ2) is 8.29. The molecule has 0 saturated heterocycles. The molecule has 2 rings (SSSR count). The average molecular weight is 297 g/mol. The molecule has 0 aliphatic carbocycles. The van der Waals surface area contributed by atoms with E-state index < -0.39 is 0 Å². The Morgan fingerprint density at radius 2 is 2.37 bits per heavy atom. The maximum atomic E-state index is 4.07. The van der Waals surface area contributed by atoms with Gasteiger partial charge in [-0.05, 0) is 41.3 Å². The van der Waals surface area contributed by atoms with Crippen molar-refractivity contribution in [2.24, 2.45) is 0 Å². The van der Waals surface area contributed by atoms with E-state index in [0.717, 1.165) is 43.4 Å². The highest BCUT2D eigenvalue weighted by Gasteiger charge is 2.06. The van der Waals surface area contributed by atoms with Gasteiger partial charge in [0.15, 0.2) is 0 Å². The van der Waals surface area contributed by atoms with Crippen molar-refractivity contribution < 1.29 is 0 Å². The summed E-state index contributed by atoms with van der Waals surface area (Å²) in [7, 11) is 0. The largest absolute Gasteiger partial charge is 0.315 e. The number of hydrogen-bond acceptors (Lipinski definition) is 6. The van der Waals surface area contributed by atoms with Crippen LogP contribution in [0.15, 0.2) is 22.7 Å². The first-order valence-corrected chi connectivity index (χ1v) is 8.38. The van der Waals surface area contributed by atoms with Crippen molar-refractivity contribution in [2.75, 3.05) is 18.8 Å². The fraction of sp³-hybridized carbons (Fsp3) is 0.583. The van der Waals surface area contributed by atoms with Gasteiger partial charge in [-0.2, -0.15) is 0 Å². The Balaban J connectivity index is 1.72. The Kier molecular flexibility index (Phi) is 6.32. The summed E-state index contributed by atoms with van der Waals surface area (Å²) in [6, 6.07) is 4.26. The molecular formula is C12H19N5S2. The van der Waals surface area contributed by atoms with Crippen LogP contribution in [0.1, 0.15) is 18.2 Å². The van der Waals surface area contributed by atoms with Crippen molar-refractivity contribution >= 4 is 23.1 Å². The van der Waals surface area contributed by atoms with Crippen LogP contribution in [0.25, 0.3) is 0 Å². The maximum Gasteiger partial charge on any atom is 0.209 e. The molecule has 2 aromatic rings. The van der Waals surface area contributed by atoms with E-state index >= 15 is 0 Å². The Morgan fingerprint density at radius 1 is 1.42 bits per heavy atom. The van der Waals surface area contributed by atoms with Crippen molar-refractivity contribution in [3.05, 3.63) is 22.4 Å². The van der Waals surface area contributed by atoms with E-state index in [-0.39, 0.29) is 0 Å². The molecule has 0 amide bonds. The average Bonchev–Trinajstić information content (AvgIpc) is 3.07. The standard InChI is InChI=1S/C12H19N5S2/c1-2-6-13-7-8-17-12(14-15-16-17)19-10-5-11-4-3-9-18-11/h3-4,9,13H,2,5-8,10H2,1H3. The molecule has 0 aliphatic heterocycles. The van der Waals surface area contributed by atoms with Gasteiger partial charge < -0.3 is 5.32 Å². The van der Waals surface area contributed by atoms with Gasteiger partial charge in [-0.25, -0.2) is 4.68 Å².